The maximum Gasteiger partial charge on any atom is -0.00463 e. The standard InChI is InChI=1S/C12H25N/c1-4-7-12(2,3)10-11-5-8-13-9-6-11/h11,13H,4-10H2,1-3H3. The Morgan fingerprint density at radius 3 is 2.38 bits per heavy atom. The maximum absolute atomic E-state index is 3.43. The summed E-state index contributed by atoms with van der Waals surface area (Å²) in [6.45, 7) is 9.64. The average molecular weight is 183 g/mol. The van der Waals surface area contributed by atoms with Crippen molar-refractivity contribution in [3.8, 4) is 0 Å². The molecular weight excluding hydrogens is 158 g/mol. The molecule has 1 aliphatic heterocycles. The van der Waals surface area contributed by atoms with Gasteiger partial charge in [0.25, 0.3) is 0 Å². The third-order valence-electron chi connectivity index (χ3n) is 3.23. The molecule has 1 rings (SSSR count). The minimum absolute atomic E-state index is 0.580. The first-order valence-electron chi connectivity index (χ1n) is 5.85. The van der Waals surface area contributed by atoms with Gasteiger partial charge in [0.1, 0.15) is 0 Å². The van der Waals surface area contributed by atoms with Crippen LogP contribution in [0.3, 0.4) is 0 Å². The van der Waals surface area contributed by atoms with Crippen LogP contribution in [0.5, 0.6) is 0 Å². The third kappa shape index (κ3) is 4.12. The molecule has 0 aromatic heterocycles. The van der Waals surface area contributed by atoms with Gasteiger partial charge in [-0.25, -0.2) is 0 Å². The second-order valence-corrected chi connectivity index (χ2v) is 5.31. The molecule has 1 N–H and O–H groups in total. The van der Waals surface area contributed by atoms with Crippen molar-refractivity contribution in [3.63, 3.8) is 0 Å². The summed E-state index contributed by atoms with van der Waals surface area (Å²) in [5.74, 6) is 0.989. The van der Waals surface area contributed by atoms with Gasteiger partial charge < -0.3 is 5.32 Å². The van der Waals surface area contributed by atoms with E-state index in [4.69, 9.17) is 0 Å². The van der Waals surface area contributed by atoms with Gasteiger partial charge in [-0.15, -0.1) is 0 Å². The summed E-state index contributed by atoms with van der Waals surface area (Å²) in [7, 11) is 0. The van der Waals surface area contributed by atoms with Crippen molar-refractivity contribution in [3.05, 3.63) is 0 Å². The molecule has 1 heteroatoms. The highest BCUT2D eigenvalue weighted by atomic mass is 14.9. The summed E-state index contributed by atoms with van der Waals surface area (Å²) in [6.07, 6.45) is 6.94. The van der Waals surface area contributed by atoms with E-state index in [0.717, 1.165) is 5.92 Å². The Hall–Kier alpha value is -0.0400. The maximum atomic E-state index is 3.43. The lowest BCUT2D eigenvalue weighted by Gasteiger charge is -2.32. The number of nitrogens with one attached hydrogen (secondary N) is 1. The largest absolute Gasteiger partial charge is 0.317 e. The summed E-state index contributed by atoms with van der Waals surface area (Å²) in [5, 5.41) is 3.43. The van der Waals surface area contributed by atoms with Gasteiger partial charge >= 0.3 is 0 Å². The minimum atomic E-state index is 0.580. The predicted octanol–water partition coefficient (Wildman–Crippen LogP) is 3.20. The number of hydrogen-bond acceptors (Lipinski definition) is 1. The van der Waals surface area contributed by atoms with E-state index in [9.17, 15) is 0 Å². The highest BCUT2D eigenvalue weighted by Gasteiger charge is 2.23. The molecule has 1 fully saturated rings. The molecule has 0 spiro atoms. The molecule has 0 aromatic rings. The van der Waals surface area contributed by atoms with E-state index in [1.807, 2.05) is 0 Å². The first-order chi connectivity index (χ1) is 6.14. The quantitative estimate of drug-likeness (QED) is 0.705. The van der Waals surface area contributed by atoms with E-state index >= 15 is 0 Å². The van der Waals surface area contributed by atoms with Crippen LogP contribution in [0.4, 0.5) is 0 Å². The zero-order valence-electron chi connectivity index (χ0n) is 9.53. The SMILES string of the molecule is CCCC(C)(C)CC1CCNCC1. The molecule has 0 unspecified atom stereocenters. The minimum Gasteiger partial charge on any atom is -0.317 e. The number of piperidine rings is 1. The smallest absolute Gasteiger partial charge is 0.00463 e. The van der Waals surface area contributed by atoms with Crippen LogP contribution >= 0.6 is 0 Å². The lowest BCUT2D eigenvalue weighted by molar-refractivity contribution is 0.214. The van der Waals surface area contributed by atoms with Gasteiger partial charge in [-0.2, -0.15) is 0 Å². The Labute approximate surface area is 83.3 Å². The van der Waals surface area contributed by atoms with Gasteiger partial charge in [-0.1, -0.05) is 27.2 Å². The van der Waals surface area contributed by atoms with E-state index in [1.165, 1.54) is 45.2 Å². The van der Waals surface area contributed by atoms with Gasteiger partial charge in [0, 0.05) is 0 Å². The molecule has 0 saturated carbocycles. The van der Waals surface area contributed by atoms with Crippen molar-refractivity contribution < 1.29 is 0 Å². The number of hydrogen-bond donors (Lipinski definition) is 1. The summed E-state index contributed by atoms with van der Waals surface area (Å²) < 4.78 is 0. The Morgan fingerprint density at radius 1 is 1.23 bits per heavy atom. The van der Waals surface area contributed by atoms with Crippen LogP contribution < -0.4 is 5.32 Å². The Kier molecular flexibility index (Phi) is 4.24. The summed E-state index contributed by atoms with van der Waals surface area (Å²) in [6, 6.07) is 0. The van der Waals surface area contributed by atoms with Crippen LogP contribution in [0, 0.1) is 11.3 Å². The Morgan fingerprint density at radius 2 is 1.85 bits per heavy atom. The van der Waals surface area contributed by atoms with Crippen LogP contribution in [0.25, 0.3) is 0 Å². The van der Waals surface area contributed by atoms with Crippen molar-refractivity contribution in [2.75, 3.05) is 13.1 Å². The fraction of sp³-hybridized carbons (Fsp3) is 1.00. The predicted molar refractivity (Wildman–Crippen MR) is 58.9 cm³/mol. The molecule has 1 aliphatic rings. The molecule has 1 saturated heterocycles. The topological polar surface area (TPSA) is 12.0 Å². The molecule has 1 heterocycles. The molecule has 0 aromatic carbocycles. The van der Waals surface area contributed by atoms with Gasteiger partial charge in [0.05, 0.1) is 0 Å². The lowest BCUT2D eigenvalue weighted by Crippen LogP contribution is -2.30. The van der Waals surface area contributed by atoms with E-state index in [2.05, 4.69) is 26.1 Å². The van der Waals surface area contributed by atoms with Crippen LogP contribution in [-0.2, 0) is 0 Å². The highest BCUT2D eigenvalue weighted by molar-refractivity contribution is 4.76. The van der Waals surface area contributed by atoms with E-state index in [1.54, 1.807) is 0 Å². The molecule has 0 amide bonds. The second-order valence-electron chi connectivity index (χ2n) is 5.31. The summed E-state index contributed by atoms with van der Waals surface area (Å²) in [5.41, 5.74) is 0.580. The van der Waals surface area contributed by atoms with Crippen molar-refractivity contribution in [2.45, 2.75) is 52.9 Å². The van der Waals surface area contributed by atoms with E-state index in [-0.39, 0.29) is 0 Å². The van der Waals surface area contributed by atoms with E-state index in [0.29, 0.717) is 5.41 Å². The van der Waals surface area contributed by atoms with Crippen LogP contribution in [0.15, 0.2) is 0 Å². The Bertz CT molecular complexity index is 134. The number of rotatable bonds is 4. The van der Waals surface area contributed by atoms with Gasteiger partial charge in [-0.05, 0) is 50.1 Å². The van der Waals surface area contributed by atoms with Crippen molar-refractivity contribution in [1.82, 2.24) is 5.32 Å². The normalized spacial score (nSPS) is 20.5. The third-order valence-corrected chi connectivity index (χ3v) is 3.23. The second kappa shape index (κ2) is 4.99. The van der Waals surface area contributed by atoms with Gasteiger partial charge in [-0.3, -0.25) is 0 Å². The van der Waals surface area contributed by atoms with Gasteiger partial charge in [0.2, 0.25) is 0 Å². The Balaban J connectivity index is 2.28. The molecule has 0 aliphatic carbocycles. The zero-order chi connectivity index (χ0) is 9.73. The fourth-order valence-corrected chi connectivity index (χ4v) is 2.65. The van der Waals surface area contributed by atoms with Crippen LogP contribution in [-0.4, -0.2) is 13.1 Å². The molecule has 78 valence electrons. The zero-order valence-corrected chi connectivity index (χ0v) is 9.53. The van der Waals surface area contributed by atoms with Gasteiger partial charge in [0.15, 0.2) is 0 Å². The molecule has 0 radical (unpaired) electrons. The molecule has 13 heavy (non-hydrogen) atoms. The van der Waals surface area contributed by atoms with Crippen molar-refractivity contribution in [2.24, 2.45) is 11.3 Å². The summed E-state index contributed by atoms with van der Waals surface area (Å²) in [4.78, 5) is 0. The first-order valence-corrected chi connectivity index (χ1v) is 5.85. The van der Waals surface area contributed by atoms with Crippen LogP contribution in [0.2, 0.25) is 0 Å². The monoisotopic (exact) mass is 183 g/mol. The van der Waals surface area contributed by atoms with Crippen molar-refractivity contribution in [1.29, 1.82) is 0 Å². The molecule has 1 nitrogen and oxygen atoms in total. The molecular formula is C12H25N. The fourth-order valence-electron chi connectivity index (χ4n) is 2.65. The van der Waals surface area contributed by atoms with E-state index < -0.39 is 0 Å². The molecule has 0 bridgehead atoms. The lowest BCUT2D eigenvalue weighted by atomic mass is 9.76. The van der Waals surface area contributed by atoms with Crippen LogP contribution in [0.1, 0.15) is 52.9 Å². The average Bonchev–Trinajstić information content (AvgIpc) is 2.04. The van der Waals surface area contributed by atoms with Crippen molar-refractivity contribution >= 4 is 0 Å². The summed E-state index contributed by atoms with van der Waals surface area (Å²) >= 11 is 0. The highest BCUT2D eigenvalue weighted by Crippen LogP contribution is 2.33. The first kappa shape index (κ1) is 11.0. The molecule has 0 atom stereocenters.